The lowest BCUT2D eigenvalue weighted by molar-refractivity contribution is -0.112. The van der Waals surface area contributed by atoms with Crippen LogP contribution in [-0.2, 0) is 4.79 Å². The van der Waals surface area contributed by atoms with Gasteiger partial charge in [-0.3, -0.25) is 4.79 Å². The smallest absolute Gasteiger partial charge is 0.152 e. The van der Waals surface area contributed by atoms with Gasteiger partial charge in [0.2, 0.25) is 0 Å². The molecule has 0 atom stereocenters. The van der Waals surface area contributed by atoms with Crippen LogP contribution in [0.5, 0.6) is 0 Å². The van der Waals surface area contributed by atoms with E-state index in [4.69, 9.17) is 0 Å². The van der Waals surface area contributed by atoms with E-state index in [0.717, 1.165) is 19.3 Å². The van der Waals surface area contributed by atoms with Gasteiger partial charge in [0, 0.05) is 0 Å². The molecule has 2 aliphatic carbocycles. The molecule has 0 fully saturated rings. The van der Waals surface area contributed by atoms with Crippen LogP contribution >= 0.6 is 0 Å². The molecule has 0 aromatic heterocycles. The van der Waals surface area contributed by atoms with Gasteiger partial charge in [-0.1, -0.05) is 37.6 Å². The second-order valence-electron chi connectivity index (χ2n) is 7.17. The molecular formula is C20H28O. The van der Waals surface area contributed by atoms with Gasteiger partial charge in [0.1, 0.15) is 0 Å². The number of hydrogen-bond acceptors (Lipinski definition) is 1. The van der Waals surface area contributed by atoms with Gasteiger partial charge in [-0.25, -0.2) is 0 Å². The van der Waals surface area contributed by atoms with Crippen LogP contribution in [0.1, 0.15) is 66.2 Å². The molecule has 1 nitrogen and oxygen atoms in total. The second kappa shape index (κ2) is 6.60. The Hall–Kier alpha value is -1.37. The standard InChI is InChI=1S/C20H28O/c1-15-7-6-12-20(3,4)19(15)11-10-17-8-5-9-18(14-17)13-16(2)21/h10-11,13-14H,5-9,12H2,1-4H3/b11-10+,18-13-. The highest BCUT2D eigenvalue weighted by Gasteiger charge is 2.26. The van der Waals surface area contributed by atoms with Crippen molar-refractivity contribution in [1.29, 1.82) is 0 Å². The van der Waals surface area contributed by atoms with Crippen LogP contribution in [0.3, 0.4) is 0 Å². The first kappa shape index (κ1) is 16.0. The molecule has 2 aliphatic rings. The Morgan fingerprint density at radius 3 is 2.57 bits per heavy atom. The Morgan fingerprint density at radius 2 is 1.90 bits per heavy atom. The molecule has 0 bridgehead atoms. The molecule has 2 rings (SSSR count). The third-order valence-electron chi connectivity index (χ3n) is 4.70. The van der Waals surface area contributed by atoms with E-state index in [-0.39, 0.29) is 5.78 Å². The minimum absolute atomic E-state index is 0.151. The SMILES string of the molecule is CC(=O)/C=C1C=C(/C=C/C2=C(C)CCCC2(C)C)CCC\1. The van der Waals surface area contributed by atoms with Gasteiger partial charge >= 0.3 is 0 Å². The highest BCUT2D eigenvalue weighted by Crippen LogP contribution is 2.41. The lowest BCUT2D eigenvalue weighted by atomic mass is 9.72. The van der Waals surface area contributed by atoms with Crippen LogP contribution in [0, 0.1) is 5.41 Å². The molecule has 0 saturated carbocycles. The highest BCUT2D eigenvalue weighted by atomic mass is 16.1. The number of carbonyl (C=O) groups is 1. The van der Waals surface area contributed by atoms with Crippen LogP contribution in [-0.4, -0.2) is 5.78 Å². The Labute approximate surface area is 129 Å². The van der Waals surface area contributed by atoms with Gasteiger partial charge in [0.05, 0.1) is 0 Å². The van der Waals surface area contributed by atoms with E-state index in [1.807, 2.05) is 0 Å². The van der Waals surface area contributed by atoms with E-state index in [2.05, 4.69) is 39.0 Å². The Balaban J connectivity index is 2.20. The first-order chi connectivity index (χ1) is 9.88. The zero-order valence-corrected chi connectivity index (χ0v) is 14.0. The molecule has 0 spiro atoms. The third kappa shape index (κ3) is 4.30. The maximum Gasteiger partial charge on any atom is 0.152 e. The Bertz CT molecular complexity index is 538. The molecule has 114 valence electrons. The van der Waals surface area contributed by atoms with Crippen molar-refractivity contribution in [3.8, 4) is 0 Å². The molecule has 0 saturated heterocycles. The first-order valence-corrected chi connectivity index (χ1v) is 8.18. The molecule has 0 unspecified atom stereocenters. The fourth-order valence-electron chi connectivity index (χ4n) is 3.59. The normalized spacial score (nSPS) is 24.6. The predicted molar refractivity (Wildman–Crippen MR) is 90.2 cm³/mol. The number of ketones is 1. The average molecular weight is 284 g/mol. The number of carbonyl (C=O) groups excluding carboxylic acids is 1. The summed E-state index contributed by atoms with van der Waals surface area (Å²) in [5.74, 6) is 0.151. The second-order valence-corrected chi connectivity index (χ2v) is 7.17. The van der Waals surface area contributed by atoms with E-state index >= 15 is 0 Å². The largest absolute Gasteiger partial charge is 0.295 e. The van der Waals surface area contributed by atoms with E-state index in [1.165, 1.54) is 36.0 Å². The average Bonchev–Trinajstić information content (AvgIpc) is 2.37. The lowest BCUT2D eigenvalue weighted by Gasteiger charge is -2.33. The zero-order chi connectivity index (χ0) is 15.5. The summed E-state index contributed by atoms with van der Waals surface area (Å²) in [6.07, 6.45) is 15.7. The van der Waals surface area contributed by atoms with Crippen LogP contribution in [0.2, 0.25) is 0 Å². The predicted octanol–water partition coefficient (Wildman–Crippen LogP) is 5.69. The molecule has 21 heavy (non-hydrogen) atoms. The maximum absolute atomic E-state index is 11.2. The van der Waals surface area contributed by atoms with Crippen molar-refractivity contribution >= 4 is 5.78 Å². The maximum atomic E-state index is 11.2. The fraction of sp³-hybridized carbons (Fsp3) is 0.550. The monoisotopic (exact) mass is 284 g/mol. The quantitative estimate of drug-likeness (QED) is 0.608. The molecule has 1 heteroatoms. The molecule has 0 N–H and O–H groups in total. The van der Waals surface area contributed by atoms with Crippen molar-refractivity contribution in [3.05, 3.63) is 46.6 Å². The zero-order valence-electron chi connectivity index (χ0n) is 14.0. The van der Waals surface area contributed by atoms with Crippen molar-refractivity contribution in [1.82, 2.24) is 0 Å². The fourth-order valence-corrected chi connectivity index (χ4v) is 3.59. The van der Waals surface area contributed by atoms with Crippen molar-refractivity contribution in [2.75, 3.05) is 0 Å². The van der Waals surface area contributed by atoms with Crippen molar-refractivity contribution in [3.63, 3.8) is 0 Å². The Morgan fingerprint density at radius 1 is 1.14 bits per heavy atom. The molecule has 0 aromatic rings. The topological polar surface area (TPSA) is 17.1 Å². The van der Waals surface area contributed by atoms with Gasteiger partial charge in [-0.2, -0.15) is 0 Å². The van der Waals surface area contributed by atoms with Crippen molar-refractivity contribution < 1.29 is 4.79 Å². The number of allylic oxidation sites excluding steroid dienone is 8. The van der Waals surface area contributed by atoms with Crippen LogP contribution in [0.4, 0.5) is 0 Å². The van der Waals surface area contributed by atoms with E-state index in [1.54, 1.807) is 18.6 Å². The Kier molecular flexibility index (Phi) is 5.03. The lowest BCUT2D eigenvalue weighted by Crippen LogP contribution is -2.19. The molecule has 0 amide bonds. The number of hydrogen-bond donors (Lipinski definition) is 0. The summed E-state index contributed by atoms with van der Waals surface area (Å²) in [6, 6.07) is 0. The van der Waals surface area contributed by atoms with Crippen molar-refractivity contribution in [2.45, 2.75) is 66.2 Å². The molecule has 0 aromatic carbocycles. The third-order valence-corrected chi connectivity index (χ3v) is 4.70. The number of rotatable bonds is 3. The first-order valence-electron chi connectivity index (χ1n) is 8.18. The highest BCUT2D eigenvalue weighted by molar-refractivity contribution is 5.88. The van der Waals surface area contributed by atoms with Crippen molar-refractivity contribution in [2.24, 2.45) is 5.41 Å². The van der Waals surface area contributed by atoms with Gasteiger partial charge in [-0.05, 0) is 80.6 Å². The minimum Gasteiger partial charge on any atom is -0.295 e. The van der Waals surface area contributed by atoms with Crippen LogP contribution < -0.4 is 0 Å². The van der Waals surface area contributed by atoms with Gasteiger partial charge in [0.25, 0.3) is 0 Å². The molecule has 0 radical (unpaired) electrons. The summed E-state index contributed by atoms with van der Waals surface area (Å²) in [5.41, 5.74) is 5.89. The van der Waals surface area contributed by atoms with Gasteiger partial charge in [-0.15, -0.1) is 0 Å². The van der Waals surface area contributed by atoms with Crippen LogP contribution in [0.25, 0.3) is 0 Å². The van der Waals surface area contributed by atoms with Gasteiger partial charge in [0.15, 0.2) is 5.78 Å². The summed E-state index contributed by atoms with van der Waals surface area (Å²) in [6.45, 7) is 8.61. The van der Waals surface area contributed by atoms with E-state index < -0.39 is 0 Å². The van der Waals surface area contributed by atoms with E-state index in [0.29, 0.717) is 5.41 Å². The summed E-state index contributed by atoms with van der Waals surface area (Å²) in [7, 11) is 0. The molecular weight excluding hydrogens is 256 g/mol. The minimum atomic E-state index is 0.151. The summed E-state index contributed by atoms with van der Waals surface area (Å²) >= 11 is 0. The molecule has 0 aliphatic heterocycles. The summed E-state index contributed by atoms with van der Waals surface area (Å²) in [5, 5.41) is 0. The molecule has 0 heterocycles. The summed E-state index contributed by atoms with van der Waals surface area (Å²) in [4.78, 5) is 11.2. The van der Waals surface area contributed by atoms with Crippen LogP contribution in [0.15, 0.2) is 46.6 Å². The van der Waals surface area contributed by atoms with Gasteiger partial charge < -0.3 is 0 Å². The van der Waals surface area contributed by atoms with E-state index in [9.17, 15) is 4.79 Å². The summed E-state index contributed by atoms with van der Waals surface area (Å²) < 4.78 is 0.